The van der Waals surface area contributed by atoms with E-state index >= 15 is 0 Å². The fourth-order valence-electron chi connectivity index (χ4n) is 1.82. The highest BCUT2D eigenvalue weighted by Crippen LogP contribution is 2.23. The van der Waals surface area contributed by atoms with E-state index in [0.29, 0.717) is 6.54 Å². The number of aromatic nitrogens is 1. The molecule has 0 amide bonds. The first-order valence-corrected chi connectivity index (χ1v) is 5.92. The van der Waals surface area contributed by atoms with E-state index in [1.165, 1.54) is 12.1 Å². The molecule has 0 fully saturated rings. The van der Waals surface area contributed by atoms with Crippen molar-refractivity contribution in [2.45, 2.75) is 13.5 Å². The van der Waals surface area contributed by atoms with E-state index in [4.69, 9.17) is 5.73 Å². The Labute approximate surface area is 106 Å². The minimum absolute atomic E-state index is 0.246. The summed E-state index contributed by atoms with van der Waals surface area (Å²) in [7, 11) is 0. The van der Waals surface area contributed by atoms with Gasteiger partial charge in [0.25, 0.3) is 0 Å². The summed E-state index contributed by atoms with van der Waals surface area (Å²) in [6, 6.07) is 10.3. The second-order valence-electron chi connectivity index (χ2n) is 3.95. The van der Waals surface area contributed by atoms with Gasteiger partial charge in [-0.25, -0.2) is 9.37 Å². The van der Waals surface area contributed by atoms with Crippen LogP contribution in [0.25, 0.3) is 0 Å². The Kier molecular flexibility index (Phi) is 3.89. The average Bonchev–Trinajstić information content (AvgIpc) is 2.40. The number of halogens is 1. The van der Waals surface area contributed by atoms with E-state index < -0.39 is 0 Å². The topological polar surface area (TPSA) is 42.1 Å². The maximum absolute atomic E-state index is 13.2. The predicted molar refractivity (Wildman–Crippen MR) is 71.2 cm³/mol. The normalized spacial score (nSPS) is 10.4. The summed E-state index contributed by atoms with van der Waals surface area (Å²) in [5.74, 6) is 0.546. The van der Waals surface area contributed by atoms with Crippen LogP contribution in [0.15, 0.2) is 42.6 Å². The number of benzene rings is 1. The highest BCUT2D eigenvalue weighted by Gasteiger charge is 2.08. The van der Waals surface area contributed by atoms with Gasteiger partial charge in [-0.05, 0) is 36.8 Å². The van der Waals surface area contributed by atoms with Gasteiger partial charge in [-0.2, -0.15) is 0 Å². The Morgan fingerprint density at radius 1 is 1.28 bits per heavy atom. The zero-order valence-corrected chi connectivity index (χ0v) is 10.3. The summed E-state index contributed by atoms with van der Waals surface area (Å²) in [5.41, 5.74) is 7.31. The lowest BCUT2D eigenvalue weighted by molar-refractivity contribution is 0.627. The van der Waals surface area contributed by atoms with Gasteiger partial charge in [0.15, 0.2) is 0 Å². The van der Waals surface area contributed by atoms with Crippen LogP contribution in [0.1, 0.15) is 12.5 Å². The van der Waals surface area contributed by atoms with Crippen molar-refractivity contribution in [3.63, 3.8) is 0 Å². The molecule has 2 rings (SSSR count). The highest BCUT2D eigenvalue weighted by atomic mass is 19.1. The van der Waals surface area contributed by atoms with E-state index in [1.54, 1.807) is 12.3 Å². The Balaban J connectivity index is 2.32. The lowest BCUT2D eigenvalue weighted by Gasteiger charge is -2.22. The summed E-state index contributed by atoms with van der Waals surface area (Å²) >= 11 is 0. The van der Waals surface area contributed by atoms with Crippen molar-refractivity contribution < 1.29 is 4.39 Å². The number of hydrogen-bond donors (Lipinski definition) is 1. The Bertz CT molecular complexity index is 511. The van der Waals surface area contributed by atoms with Crippen molar-refractivity contribution in [3.05, 3.63) is 54.0 Å². The Morgan fingerprint density at radius 3 is 2.67 bits per heavy atom. The van der Waals surface area contributed by atoms with Crippen molar-refractivity contribution in [2.75, 3.05) is 11.4 Å². The van der Waals surface area contributed by atoms with Crippen LogP contribution in [-0.2, 0) is 6.54 Å². The van der Waals surface area contributed by atoms with Crippen LogP contribution in [0.3, 0.4) is 0 Å². The third kappa shape index (κ3) is 2.65. The smallest absolute Gasteiger partial charge is 0.132 e. The zero-order chi connectivity index (χ0) is 13.0. The second kappa shape index (κ2) is 5.60. The fraction of sp³-hybridized carbons (Fsp3) is 0.214. The van der Waals surface area contributed by atoms with Gasteiger partial charge in [-0.15, -0.1) is 0 Å². The molecule has 2 N–H and O–H groups in total. The molecule has 94 valence electrons. The number of anilines is 2. The Hall–Kier alpha value is -1.94. The number of hydrogen-bond acceptors (Lipinski definition) is 3. The van der Waals surface area contributed by atoms with Crippen LogP contribution in [0.4, 0.5) is 15.9 Å². The standard InChI is InChI=1S/C14H16FN3/c1-2-18(13-5-3-4-12(15)8-13)14-7-6-11(9-16)10-17-14/h3-8,10H,2,9,16H2,1H3. The van der Waals surface area contributed by atoms with Crippen LogP contribution in [0, 0.1) is 5.82 Å². The maximum Gasteiger partial charge on any atom is 0.132 e. The van der Waals surface area contributed by atoms with Crippen molar-refractivity contribution in [1.29, 1.82) is 0 Å². The zero-order valence-electron chi connectivity index (χ0n) is 10.3. The van der Waals surface area contributed by atoms with E-state index in [-0.39, 0.29) is 5.82 Å². The van der Waals surface area contributed by atoms with E-state index in [9.17, 15) is 4.39 Å². The molecule has 0 atom stereocenters. The van der Waals surface area contributed by atoms with Gasteiger partial charge in [-0.3, -0.25) is 0 Å². The lowest BCUT2D eigenvalue weighted by Crippen LogP contribution is -2.17. The number of rotatable bonds is 4. The van der Waals surface area contributed by atoms with Crippen molar-refractivity contribution in [3.8, 4) is 0 Å². The average molecular weight is 245 g/mol. The van der Waals surface area contributed by atoms with Gasteiger partial charge in [-0.1, -0.05) is 12.1 Å². The van der Waals surface area contributed by atoms with E-state index in [0.717, 1.165) is 23.6 Å². The Morgan fingerprint density at radius 2 is 2.11 bits per heavy atom. The molecule has 0 bridgehead atoms. The van der Waals surface area contributed by atoms with Gasteiger partial charge >= 0.3 is 0 Å². The first-order valence-electron chi connectivity index (χ1n) is 5.92. The van der Waals surface area contributed by atoms with Crippen LogP contribution < -0.4 is 10.6 Å². The van der Waals surface area contributed by atoms with Crippen molar-refractivity contribution >= 4 is 11.5 Å². The highest BCUT2D eigenvalue weighted by molar-refractivity contribution is 5.59. The quantitative estimate of drug-likeness (QED) is 0.900. The number of nitrogens with zero attached hydrogens (tertiary/aromatic N) is 2. The largest absolute Gasteiger partial charge is 0.327 e. The van der Waals surface area contributed by atoms with Gasteiger partial charge in [0.05, 0.1) is 0 Å². The summed E-state index contributed by atoms with van der Waals surface area (Å²) in [4.78, 5) is 6.30. The molecule has 0 saturated heterocycles. The summed E-state index contributed by atoms with van der Waals surface area (Å²) in [6.45, 7) is 3.20. The predicted octanol–water partition coefficient (Wildman–Crippen LogP) is 2.84. The molecule has 0 saturated carbocycles. The SMILES string of the molecule is CCN(c1cccc(F)c1)c1ccc(CN)cn1. The molecule has 0 aliphatic heterocycles. The minimum Gasteiger partial charge on any atom is -0.327 e. The summed E-state index contributed by atoms with van der Waals surface area (Å²) < 4.78 is 13.2. The number of nitrogens with two attached hydrogens (primary N) is 1. The third-order valence-corrected chi connectivity index (χ3v) is 2.76. The molecule has 1 aromatic heterocycles. The van der Waals surface area contributed by atoms with E-state index in [1.807, 2.05) is 30.0 Å². The van der Waals surface area contributed by atoms with Gasteiger partial charge in [0.2, 0.25) is 0 Å². The molecule has 0 aliphatic rings. The number of pyridine rings is 1. The van der Waals surface area contributed by atoms with Crippen molar-refractivity contribution in [2.24, 2.45) is 5.73 Å². The van der Waals surface area contributed by atoms with Gasteiger partial charge in [0, 0.05) is 25.0 Å². The molecule has 0 aliphatic carbocycles. The molecular formula is C14H16FN3. The first kappa shape index (κ1) is 12.5. The van der Waals surface area contributed by atoms with E-state index in [2.05, 4.69) is 4.98 Å². The molecule has 1 aromatic carbocycles. The van der Waals surface area contributed by atoms with Crippen LogP contribution in [-0.4, -0.2) is 11.5 Å². The second-order valence-corrected chi connectivity index (χ2v) is 3.95. The molecule has 4 heteroatoms. The molecule has 0 radical (unpaired) electrons. The summed E-state index contributed by atoms with van der Waals surface area (Å²) in [5, 5.41) is 0. The molecular weight excluding hydrogens is 229 g/mol. The van der Waals surface area contributed by atoms with Crippen LogP contribution in [0.2, 0.25) is 0 Å². The molecule has 3 nitrogen and oxygen atoms in total. The lowest BCUT2D eigenvalue weighted by atomic mass is 10.2. The first-order chi connectivity index (χ1) is 8.74. The third-order valence-electron chi connectivity index (χ3n) is 2.76. The summed E-state index contributed by atoms with van der Waals surface area (Å²) in [6.07, 6.45) is 1.75. The minimum atomic E-state index is -0.246. The van der Waals surface area contributed by atoms with Gasteiger partial charge in [0.1, 0.15) is 11.6 Å². The molecule has 0 unspecified atom stereocenters. The fourth-order valence-corrected chi connectivity index (χ4v) is 1.82. The monoisotopic (exact) mass is 245 g/mol. The molecule has 0 spiro atoms. The van der Waals surface area contributed by atoms with Crippen LogP contribution in [0.5, 0.6) is 0 Å². The molecule has 18 heavy (non-hydrogen) atoms. The van der Waals surface area contributed by atoms with Crippen molar-refractivity contribution in [1.82, 2.24) is 4.98 Å². The van der Waals surface area contributed by atoms with Gasteiger partial charge < -0.3 is 10.6 Å². The maximum atomic E-state index is 13.2. The molecule has 2 aromatic rings. The molecule has 1 heterocycles. The van der Waals surface area contributed by atoms with Crippen LogP contribution >= 0.6 is 0 Å².